The van der Waals surface area contributed by atoms with E-state index in [1.807, 2.05) is 0 Å². The van der Waals surface area contributed by atoms with Gasteiger partial charge in [-0.05, 0) is 24.5 Å². The lowest BCUT2D eigenvalue weighted by molar-refractivity contribution is 0.0696. The Hall–Kier alpha value is -1.62. The van der Waals surface area contributed by atoms with Crippen molar-refractivity contribution < 1.29 is 15.0 Å². The maximum atomic E-state index is 10.7. The molecule has 0 bridgehead atoms. The molecule has 1 heterocycles. The summed E-state index contributed by atoms with van der Waals surface area (Å²) in [6.45, 7) is 4.22. The highest BCUT2D eigenvalue weighted by molar-refractivity contribution is 5.87. The van der Waals surface area contributed by atoms with E-state index in [-0.39, 0.29) is 18.2 Å². The summed E-state index contributed by atoms with van der Waals surface area (Å²) in [5.74, 6) is 0.00469. The molecule has 1 aromatic rings. The summed E-state index contributed by atoms with van der Waals surface area (Å²) in [6, 6.07) is 3.27. The lowest BCUT2D eigenvalue weighted by Gasteiger charge is -2.22. The SMILES string of the molecule is CC(C)C(CCO)Nc1ccc(C(=O)O)cn1. The number of nitrogens with one attached hydrogen (secondary N) is 1. The Morgan fingerprint density at radius 3 is 2.59 bits per heavy atom. The van der Waals surface area contributed by atoms with Gasteiger partial charge in [0.05, 0.1) is 5.56 Å². The van der Waals surface area contributed by atoms with E-state index >= 15 is 0 Å². The fourth-order valence-corrected chi connectivity index (χ4v) is 1.51. The number of aliphatic hydroxyl groups excluding tert-OH is 1. The number of carbonyl (C=O) groups is 1. The van der Waals surface area contributed by atoms with E-state index in [0.717, 1.165) is 0 Å². The summed E-state index contributed by atoms with van der Waals surface area (Å²) in [4.78, 5) is 14.7. The minimum Gasteiger partial charge on any atom is -0.478 e. The summed E-state index contributed by atoms with van der Waals surface area (Å²) in [6.07, 6.45) is 1.96. The van der Waals surface area contributed by atoms with Gasteiger partial charge in [0.25, 0.3) is 0 Å². The van der Waals surface area contributed by atoms with Crippen LogP contribution >= 0.6 is 0 Å². The number of aliphatic hydroxyl groups is 1. The summed E-state index contributed by atoms with van der Waals surface area (Å²) in [5, 5.41) is 20.9. The second-order valence-electron chi connectivity index (χ2n) is 4.24. The van der Waals surface area contributed by atoms with Crippen molar-refractivity contribution >= 4 is 11.8 Å². The van der Waals surface area contributed by atoms with Gasteiger partial charge in [0.1, 0.15) is 5.82 Å². The van der Waals surface area contributed by atoms with E-state index in [4.69, 9.17) is 10.2 Å². The first-order valence-corrected chi connectivity index (χ1v) is 5.61. The van der Waals surface area contributed by atoms with Gasteiger partial charge in [-0.25, -0.2) is 9.78 Å². The standard InChI is InChI=1S/C12H18N2O3/c1-8(2)10(5-6-15)14-11-4-3-9(7-13-11)12(16)17/h3-4,7-8,10,15H,5-6H2,1-2H3,(H,13,14)(H,16,17). The first-order valence-electron chi connectivity index (χ1n) is 5.61. The van der Waals surface area contributed by atoms with Gasteiger partial charge in [-0.3, -0.25) is 0 Å². The molecule has 3 N–H and O–H groups in total. The summed E-state index contributed by atoms with van der Waals surface area (Å²) in [7, 11) is 0. The van der Waals surface area contributed by atoms with Crippen molar-refractivity contribution in [3.8, 4) is 0 Å². The minimum atomic E-state index is -0.986. The largest absolute Gasteiger partial charge is 0.478 e. The van der Waals surface area contributed by atoms with Crippen molar-refractivity contribution in [3.63, 3.8) is 0 Å². The van der Waals surface area contributed by atoms with Crippen LogP contribution in [0.5, 0.6) is 0 Å². The summed E-state index contributed by atoms with van der Waals surface area (Å²) in [5.41, 5.74) is 0.166. The average molecular weight is 238 g/mol. The Kier molecular flexibility index (Phi) is 4.90. The van der Waals surface area contributed by atoms with Crippen LogP contribution in [0.3, 0.4) is 0 Å². The number of hydrogen-bond acceptors (Lipinski definition) is 4. The highest BCUT2D eigenvalue weighted by Crippen LogP contribution is 2.13. The molecule has 94 valence electrons. The van der Waals surface area contributed by atoms with E-state index in [0.29, 0.717) is 18.2 Å². The quantitative estimate of drug-likeness (QED) is 0.701. The number of carboxylic acid groups (broad SMARTS) is 1. The van der Waals surface area contributed by atoms with Gasteiger partial charge >= 0.3 is 5.97 Å². The molecule has 0 spiro atoms. The van der Waals surface area contributed by atoms with Crippen LogP contribution in [-0.4, -0.2) is 33.8 Å². The van der Waals surface area contributed by atoms with Crippen LogP contribution in [0.4, 0.5) is 5.82 Å². The lowest BCUT2D eigenvalue weighted by Crippen LogP contribution is -2.27. The molecule has 5 heteroatoms. The van der Waals surface area contributed by atoms with E-state index in [2.05, 4.69) is 24.1 Å². The number of pyridine rings is 1. The van der Waals surface area contributed by atoms with E-state index < -0.39 is 5.97 Å². The van der Waals surface area contributed by atoms with E-state index in [1.54, 1.807) is 6.07 Å². The van der Waals surface area contributed by atoms with E-state index in [1.165, 1.54) is 12.3 Å². The number of anilines is 1. The van der Waals surface area contributed by atoms with Gasteiger partial charge in [0.2, 0.25) is 0 Å². The topological polar surface area (TPSA) is 82.5 Å². The van der Waals surface area contributed by atoms with Gasteiger partial charge in [0.15, 0.2) is 0 Å². The number of hydrogen-bond donors (Lipinski definition) is 3. The third-order valence-corrected chi connectivity index (χ3v) is 2.59. The van der Waals surface area contributed by atoms with Crippen molar-refractivity contribution in [1.82, 2.24) is 4.98 Å². The molecular formula is C12H18N2O3. The summed E-state index contributed by atoms with van der Waals surface area (Å²) < 4.78 is 0. The molecule has 0 radical (unpaired) electrons. The molecule has 0 aliphatic heterocycles. The van der Waals surface area contributed by atoms with Crippen LogP contribution in [-0.2, 0) is 0 Å². The molecule has 0 aliphatic rings. The summed E-state index contributed by atoms with van der Waals surface area (Å²) >= 11 is 0. The van der Waals surface area contributed by atoms with Crippen molar-refractivity contribution in [1.29, 1.82) is 0 Å². The predicted octanol–water partition coefficient (Wildman–Crippen LogP) is 1.60. The zero-order valence-corrected chi connectivity index (χ0v) is 10.1. The molecule has 0 aliphatic carbocycles. The Labute approximate surface area is 101 Å². The molecule has 0 saturated heterocycles. The van der Waals surface area contributed by atoms with Gasteiger partial charge in [-0.1, -0.05) is 13.8 Å². The average Bonchev–Trinajstić information content (AvgIpc) is 2.29. The van der Waals surface area contributed by atoms with Crippen molar-refractivity contribution in [2.45, 2.75) is 26.3 Å². The van der Waals surface area contributed by atoms with Gasteiger partial charge in [-0.15, -0.1) is 0 Å². The molecule has 0 aromatic carbocycles. The monoisotopic (exact) mass is 238 g/mol. The van der Waals surface area contributed by atoms with Gasteiger partial charge < -0.3 is 15.5 Å². The highest BCUT2D eigenvalue weighted by Gasteiger charge is 2.13. The van der Waals surface area contributed by atoms with Crippen LogP contribution in [0, 0.1) is 5.92 Å². The molecular weight excluding hydrogens is 220 g/mol. The van der Waals surface area contributed by atoms with E-state index in [9.17, 15) is 4.79 Å². The maximum absolute atomic E-state index is 10.7. The number of aromatic carboxylic acids is 1. The molecule has 5 nitrogen and oxygen atoms in total. The second-order valence-corrected chi connectivity index (χ2v) is 4.24. The Morgan fingerprint density at radius 2 is 2.18 bits per heavy atom. The predicted molar refractivity (Wildman–Crippen MR) is 65.1 cm³/mol. The van der Waals surface area contributed by atoms with Crippen LogP contribution in [0.15, 0.2) is 18.3 Å². The van der Waals surface area contributed by atoms with Crippen LogP contribution in [0.1, 0.15) is 30.6 Å². The second kappa shape index (κ2) is 6.20. The molecule has 1 atom stereocenters. The lowest BCUT2D eigenvalue weighted by atomic mass is 10.0. The Balaban J connectivity index is 2.69. The van der Waals surface area contributed by atoms with Crippen molar-refractivity contribution in [2.24, 2.45) is 5.92 Å². The van der Waals surface area contributed by atoms with Crippen LogP contribution < -0.4 is 5.32 Å². The molecule has 0 amide bonds. The fourth-order valence-electron chi connectivity index (χ4n) is 1.51. The zero-order valence-electron chi connectivity index (χ0n) is 10.1. The highest BCUT2D eigenvalue weighted by atomic mass is 16.4. The third kappa shape index (κ3) is 4.03. The third-order valence-electron chi connectivity index (χ3n) is 2.59. The molecule has 1 rings (SSSR count). The molecule has 1 aromatic heterocycles. The van der Waals surface area contributed by atoms with Crippen molar-refractivity contribution in [2.75, 3.05) is 11.9 Å². The smallest absolute Gasteiger partial charge is 0.337 e. The molecule has 1 unspecified atom stereocenters. The van der Waals surface area contributed by atoms with Crippen LogP contribution in [0.25, 0.3) is 0 Å². The number of carboxylic acids is 1. The Morgan fingerprint density at radius 1 is 1.47 bits per heavy atom. The number of aromatic nitrogens is 1. The minimum absolute atomic E-state index is 0.114. The van der Waals surface area contributed by atoms with Crippen LogP contribution in [0.2, 0.25) is 0 Å². The van der Waals surface area contributed by atoms with Crippen molar-refractivity contribution in [3.05, 3.63) is 23.9 Å². The first kappa shape index (κ1) is 13.4. The Bertz CT molecular complexity index is 363. The fraction of sp³-hybridized carbons (Fsp3) is 0.500. The molecule has 0 fully saturated rings. The normalized spacial score (nSPS) is 12.5. The number of nitrogens with zero attached hydrogens (tertiary/aromatic N) is 1. The molecule has 0 saturated carbocycles. The maximum Gasteiger partial charge on any atom is 0.337 e. The van der Waals surface area contributed by atoms with Gasteiger partial charge in [-0.2, -0.15) is 0 Å². The van der Waals surface area contributed by atoms with Gasteiger partial charge in [0, 0.05) is 18.8 Å². The first-order chi connectivity index (χ1) is 8.04. The molecule has 17 heavy (non-hydrogen) atoms. The zero-order chi connectivity index (χ0) is 12.8. The number of rotatable bonds is 6.